The van der Waals surface area contributed by atoms with Gasteiger partial charge in [0.15, 0.2) is 0 Å². The van der Waals surface area contributed by atoms with E-state index in [1.54, 1.807) is 0 Å². The summed E-state index contributed by atoms with van der Waals surface area (Å²) in [4.78, 5) is 4.41. The van der Waals surface area contributed by atoms with Crippen molar-refractivity contribution in [3.8, 4) is 0 Å². The zero-order valence-corrected chi connectivity index (χ0v) is 9.57. The number of aromatic nitrogens is 1. The van der Waals surface area contributed by atoms with Crippen LogP contribution >= 0.6 is 28.3 Å². The molecule has 4 heteroatoms. The number of pyridine rings is 1. The van der Waals surface area contributed by atoms with E-state index >= 15 is 0 Å². The topological polar surface area (TPSA) is 24.9 Å². The normalized spacial score (nSPS) is 21.2. The molecule has 1 atom stereocenters. The van der Waals surface area contributed by atoms with Crippen LogP contribution < -0.4 is 5.32 Å². The average Bonchev–Trinajstić information content (AvgIpc) is 2.56. The maximum Gasteiger partial charge on any atom is 0.106 e. The van der Waals surface area contributed by atoms with Gasteiger partial charge in [0.05, 0.1) is 5.69 Å². The highest BCUT2D eigenvalue weighted by Crippen LogP contribution is 2.22. The van der Waals surface area contributed by atoms with E-state index in [1.165, 1.54) is 12.8 Å². The highest BCUT2D eigenvalue weighted by molar-refractivity contribution is 9.10. The van der Waals surface area contributed by atoms with Gasteiger partial charge in [-0.25, -0.2) is 4.98 Å². The predicted octanol–water partition coefficient (Wildman–Crippen LogP) is 2.69. The molecule has 1 N–H and O–H groups in total. The molecule has 1 aliphatic heterocycles. The van der Waals surface area contributed by atoms with Crippen molar-refractivity contribution in [1.29, 1.82) is 0 Å². The lowest BCUT2D eigenvalue weighted by Crippen LogP contribution is -2.13. The number of halogens is 2. The fraction of sp³-hybridized carbons (Fsp3) is 0.444. The first kappa shape index (κ1) is 11.0. The summed E-state index contributed by atoms with van der Waals surface area (Å²) in [7, 11) is 0. The number of nitrogens with one attached hydrogen (secondary N) is 1. The van der Waals surface area contributed by atoms with Crippen molar-refractivity contribution in [3.63, 3.8) is 0 Å². The van der Waals surface area contributed by atoms with Crippen LogP contribution in [0.3, 0.4) is 0 Å². The molecule has 13 heavy (non-hydrogen) atoms. The van der Waals surface area contributed by atoms with E-state index in [2.05, 4.69) is 32.3 Å². The fourth-order valence-corrected chi connectivity index (χ4v) is 1.91. The van der Waals surface area contributed by atoms with E-state index < -0.39 is 0 Å². The molecule has 1 aromatic heterocycles. The molecular weight excluding hydrogens is 251 g/mol. The molecule has 1 aromatic rings. The molecule has 1 aliphatic rings. The summed E-state index contributed by atoms with van der Waals surface area (Å²) in [5.74, 6) is 0. The van der Waals surface area contributed by atoms with Crippen LogP contribution in [0.1, 0.15) is 24.6 Å². The minimum Gasteiger partial charge on any atom is -0.309 e. The highest BCUT2D eigenvalue weighted by atomic mass is 79.9. The number of hydrogen-bond donors (Lipinski definition) is 1. The molecular formula is C9H12BrClN2. The monoisotopic (exact) mass is 262 g/mol. The molecule has 0 radical (unpaired) electrons. The summed E-state index contributed by atoms with van der Waals surface area (Å²) in [5, 5.41) is 3.42. The fourth-order valence-electron chi connectivity index (χ4n) is 1.56. The third-order valence-corrected chi connectivity index (χ3v) is 2.60. The molecule has 1 saturated heterocycles. The van der Waals surface area contributed by atoms with Crippen LogP contribution in [0, 0.1) is 0 Å². The van der Waals surface area contributed by atoms with E-state index in [1.807, 2.05) is 12.1 Å². The van der Waals surface area contributed by atoms with Crippen molar-refractivity contribution in [2.45, 2.75) is 18.9 Å². The maximum absolute atomic E-state index is 4.41. The summed E-state index contributed by atoms with van der Waals surface area (Å²) in [6.45, 7) is 1.12. The van der Waals surface area contributed by atoms with Crippen molar-refractivity contribution >= 4 is 28.3 Å². The summed E-state index contributed by atoms with van der Waals surface area (Å²) >= 11 is 3.37. The zero-order chi connectivity index (χ0) is 8.39. The lowest BCUT2D eigenvalue weighted by Gasteiger charge is -2.08. The summed E-state index contributed by atoms with van der Waals surface area (Å²) in [5.41, 5.74) is 1.15. The van der Waals surface area contributed by atoms with Crippen LogP contribution in [0.15, 0.2) is 22.8 Å². The van der Waals surface area contributed by atoms with Crippen LogP contribution in [0.4, 0.5) is 0 Å². The summed E-state index contributed by atoms with van der Waals surface area (Å²) in [6.07, 6.45) is 2.47. The van der Waals surface area contributed by atoms with Gasteiger partial charge in [0.2, 0.25) is 0 Å². The first-order chi connectivity index (χ1) is 5.86. The van der Waals surface area contributed by atoms with E-state index in [-0.39, 0.29) is 12.4 Å². The van der Waals surface area contributed by atoms with Gasteiger partial charge in [-0.3, -0.25) is 0 Å². The van der Waals surface area contributed by atoms with Crippen molar-refractivity contribution in [3.05, 3.63) is 28.5 Å². The van der Waals surface area contributed by atoms with Crippen molar-refractivity contribution in [1.82, 2.24) is 10.3 Å². The van der Waals surface area contributed by atoms with Crippen LogP contribution in [-0.4, -0.2) is 11.5 Å². The third kappa shape index (κ3) is 2.66. The molecule has 0 spiro atoms. The van der Waals surface area contributed by atoms with E-state index in [0.717, 1.165) is 16.8 Å². The Morgan fingerprint density at radius 2 is 2.31 bits per heavy atom. The Labute approximate surface area is 92.7 Å². The Morgan fingerprint density at radius 1 is 1.46 bits per heavy atom. The van der Waals surface area contributed by atoms with E-state index in [9.17, 15) is 0 Å². The van der Waals surface area contributed by atoms with Crippen LogP contribution in [0.2, 0.25) is 0 Å². The molecule has 0 bridgehead atoms. The molecule has 0 aliphatic carbocycles. The molecule has 0 unspecified atom stereocenters. The van der Waals surface area contributed by atoms with Crippen molar-refractivity contribution in [2.24, 2.45) is 0 Å². The average molecular weight is 264 g/mol. The summed E-state index contributed by atoms with van der Waals surface area (Å²) < 4.78 is 0.925. The maximum atomic E-state index is 4.41. The number of nitrogens with zero attached hydrogens (tertiary/aromatic N) is 1. The standard InChI is InChI=1S/C9H11BrN2.ClH/c10-9-5-1-3-8(12-9)7-4-2-6-11-7;/h1,3,5,7,11H,2,4,6H2;1H/t7-;/m1./s1. The minimum absolute atomic E-state index is 0. The molecule has 0 saturated carbocycles. The second kappa shape index (κ2) is 4.94. The van der Waals surface area contributed by atoms with Gasteiger partial charge in [-0.1, -0.05) is 6.07 Å². The van der Waals surface area contributed by atoms with Crippen LogP contribution in [0.5, 0.6) is 0 Å². The van der Waals surface area contributed by atoms with Gasteiger partial charge in [0, 0.05) is 6.04 Å². The second-order valence-electron chi connectivity index (χ2n) is 3.03. The smallest absolute Gasteiger partial charge is 0.106 e. The molecule has 2 rings (SSSR count). The Kier molecular flexibility index (Phi) is 4.16. The van der Waals surface area contributed by atoms with Gasteiger partial charge in [-0.2, -0.15) is 0 Å². The van der Waals surface area contributed by atoms with Gasteiger partial charge in [-0.05, 0) is 47.4 Å². The molecule has 0 amide bonds. The molecule has 2 nitrogen and oxygen atoms in total. The van der Waals surface area contributed by atoms with Gasteiger partial charge < -0.3 is 5.32 Å². The quantitative estimate of drug-likeness (QED) is 0.788. The van der Waals surface area contributed by atoms with E-state index in [0.29, 0.717) is 6.04 Å². The van der Waals surface area contributed by atoms with Gasteiger partial charge in [0.25, 0.3) is 0 Å². The predicted molar refractivity (Wildman–Crippen MR) is 59.2 cm³/mol. The van der Waals surface area contributed by atoms with Crippen molar-refractivity contribution < 1.29 is 0 Å². The molecule has 1 fully saturated rings. The second-order valence-corrected chi connectivity index (χ2v) is 3.85. The Balaban J connectivity index is 0.000000845. The van der Waals surface area contributed by atoms with Gasteiger partial charge in [-0.15, -0.1) is 12.4 Å². The largest absolute Gasteiger partial charge is 0.309 e. The van der Waals surface area contributed by atoms with Gasteiger partial charge in [0.1, 0.15) is 4.60 Å². The number of hydrogen-bond acceptors (Lipinski definition) is 2. The molecule has 0 aromatic carbocycles. The third-order valence-electron chi connectivity index (χ3n) is 2.15. The summed E-state index contributed by atoms with van der Waals surface area (Å²) in [6, 6.07) is 6.54. The Bertz CT molecular complexity index is 274. The Hall–Kier alpha value is -0.120. The van der Waals surface area contributed by atoms with Crippen molar-refractivity contribution in [2.75, 3.05) is 6.54 Å². The van der Waals surface area contributed by atoms with Crippen LogP contribution in [0.25, 0.3) is 0 Å². The lowest BCUT2D eigenvalue weighted by atomic mass is 10.1. The minimum atomic E-state index is 0. The first-order valence-corrected chi connectivity index (χ1v) is 5.01. The molecule has 72 valence electrons. The zero-order valence-electron chi connectivity index (χ0n) is 7.16. The lowest BCUT2D eigenvalue weighted by molar-refractivity contribution is 0.626. The first-order valence-electron chi connectivity index (χ1n) is 4.22. The van der Waals surface area contributed by atoms with Crippen LogP contribution in [-0.2, 0) is 0 Å². The SMILES string of the molecule is Brc1cccc([C@H]2CCCN2)n1.Cl. The van der Waals surface area contributed by atoms with E-state index in [4.69, 9.17) is 0 Å². The molecule has 2 heterocycles. The Morgan fingerprint density at radius 3 is 2.92 bits per heavy atom. The van der Waals surface area contributed by atoms with Gasteiger partial charge >= 0.3 is 0 Å². The highest BCUT2D eigenvalue weighted by Gasteiger charge is 2.16. The number of rotatable bonds is 1.